The topological polar surface area (TPSA) is 71.8 Å². The van der Waals surface area contributed by atoms with Crippen LogP contribution in [0.1, 0.15) is 24.1 Å². The summed E-state index contributed by atoms with van der Waals surface area (Å²) in [5.41, 5.74) is 4.05. The van der Waals surface area contributed by atoms with Gasteiger partial charge in [-0.05, 0) is 42.3 Å². The maximum Gasteiger partial charge on any atom is 0.255 e. The van der Waals surface area contributed by atoms with Crippen LogP contribution in [-0.4, -0.2) is 20.7 Å². The van der Waals surface area contributed by atoms with Gasteiger partial charge in [0.15, 0.2) is 0 Å². The van der Waals surface area contributed by atoms with E-state index in [1.807, 2.05) is 79.7 Å². The quantitative estimate of drug-likeness (QED) is 0.319. The highest BCUT2D eigenvalue weighted by Crippen LogP contribution is 2.37. The highest BCUT2D eigenvalue weighted by atomic mass is 35.5. The Morgan fingerprint density at radius 2 is 1.79 bits per heavy atom. The maximum atomic E-state index is 13.5. The van der Waals surface area contributed by atoms with E-state index in [1.165, 1.54) is 5.56 Å². The van der Waals surface area contributed by atoms with Gasteiger partial charge >= 0.3 is 0 Å². The third-order valence-electron chi connectivity index (χ3n) is 5.48. The first-order valence-electron chi connectivity index (χ1n) is 10.8. The van der Waals surface area contributed by atoms with E-state index in [-0.39, 0.29) is 5.91 Å². The molecule has 6 nitrogen and oxygen atoms in total. The van der Waals surface area contributed by atoms with Crippen molar-refractivity contribution in [3.63, 3.8) is 0 Å². The molecule has 0 aliphatic carbocycles. The van der Waals surface area contributed by atoms with E-state index in [0.29, 0.717) is 21.7 Å². The Hall–Kier alpha value is -3.55. The smallest absolute Gasteiger partial charge is 0.255 e. The lowest BCUT2D eigenvalue weighted by Gasteiger charge is -2.28. The molecule has 0 radical (unpaired) electrons. The summed E-state index contributed by atoms with van der Waals surface area (Å²) in [5, 5.41) is 12.3. The Kier molecular flexibility index (Phi) is 6.38. The molecular weight excluding hydrogens is 466 g/mol. The van der Waals surface area contributed by atoms with Gasteiger partial charge in [-0.2, -0.15) is 4.98 Å². The fraction of sp³-hybridized carbons (Fsp3) is 0.115. The van der Waals surface area contributed by atoms with E-state index in [1.54, 1.807) is 16.4 Å². The van der Waals surface area contributed by atoms with Crippen LogP contribution in [0.15, 0.2) is 101 Å². The number of halogens is 1. The number of nitrogens with zero attached hydrogens (tertiary/aromatic N) is 3. The van der Waals surface area contributed by atoms with Crippen molar-refractivity contribution in [1.29, 1.82) is 0 Å². The van der Waals surface area contributed by atoms with Gasteiger partial charge in [-0.1, -0.05) is 84.0 Å². The first kappa shape index (κ1) is 22.3. The number of amides is 1. The molecule has 1 aromatic heterocycles. The van der Waals surface area contributed by atoms with Crippen molar-refractivity contribution in [3.05, 3.63) is 112 Å². The molecule has 0 fully saturated rings. The molecule has 1 aliphatic rings. The molecule has 5 rings (SSSR count). The average molecular weight is 488 g/mol. The fourth-order valence-corrected chi connectivity index (χ4v) is 4.90. The van der Waals surface area contributed by atoms with Gasteiger partial charge in [0.05, 0.1) is 5.57 Å². The number of rotatable bonds is 6. The highest BCUT2D eigenvalue weighted by molar-refractivity contribution is 7.98. The third kappa shape index (κ3) is 4.71. The van der Waals surface area contributed by atoms with Gasteiger partial charge in [-0.25, -0.2) is 4.68 Å². The molecule has 0 saturated heterocycles. The van der Waals surface area contributed by atoms with Gasteiger partial charge in [-0.3, -0.25) is 4.79 Å². The number of allylic oxidation sites excluding steroid dienone is 1. The van der Waals surface area contributed by atoms with Gasteiger partial charge in [-0.15, -0.1) is 5.10 Å². The van der Waals surface area contributed by atoms with Crippen LogP contribution in [0.3, 0.4) is 0 Å². The van der Waals surface area contributed by atoms with Crippen LogP contribution in [0.25, 0.3) is 0 Å². The van der Waals surface area contributed by atoms with E-state index in [9.17, 15) is 4.79 Å². The predicted octanol–water partition coefficient (Wildman–Crippen LogP) is 6.15. The van der Waals surface area contributed by atoms with Gasteiger partial charge in [0.2, 0.25) is 11.1 Å². The summed E-state index contributed by atoms with van der Waals surface area (Å²) in [4.78, 5) is 18.2. The molecule has 34 heavy (non-hydrogen) atoms. The zero-order valence-corrected chi connectivity index (χ0v) is 20.0. The fourth-order valence-electron chi connectivity index (χ4n) is 3.91. The first-order chi connectivity index (χ1) is 16.6. The minimum atomic E-state index is -0.475. The summed E-state index contributed by atoms with van der Waals surface area (Å²) in [7, 11) is 0. The molecule has 1 aliphatic heterocycles. The van der Waals surface area contributed by atoms with Crippen molar-refractivity contribution in [2.24, 2.45) is 0 Å². The lowest BCUT2D eigenvalue weighted by atomic mass is 9.95. The third-order valence-corrected chi connectivity index (χ3v) is 6.63. The number of benzene rings is 3. The van der Waals surface area contributed by atoms with E-state index >= 15 is 0 Å². The Balaban J connectivity index is 1.50. The van der Waals surface area contributed by atoms with Crippen LogP contribution < -0.4 is 10.6 Å². The molecule has 170 valence electrons. The largest absolute Gasteiger partial charge is 0.328 e. The SMILES string of the molecule is CC1=C(C(=O)Nc2ccccc2)C(c2cccc(Cl)c2)n2nc(SCc3ccccc3)nc2N1. The number of hydrogen-bond donors (Lipinski definition) is 2. The van der Waals surface area contributed by atoms with Crippen LogP contribution in [0.4, 0.5) is 11.6 Å². The van der Waals surface area contributed by atoms with Crippen LogP contribution in [0.5, 0.6) is 0 Å². The second-order valence-corrected chi connectivity index (χ2v) is 9.26. The first-order valence-corrected chi connectivity index (χ1v) is 12.2. The van der Waals surface area contributed by atoms with E-state index in [4.69, 9.17) is 21.7 Å². The zero-order chi connectivity index (χ0) is 23.5. The summed E-state index contributed by atoms with van der Waals surface area (Å²) in [6.07, 6.45) is 0. The molecule has 0 bridgehead atoms. The number of nitrogens with one attached hydrogen (secondary N) is 2. The summed E-state index contributed by atoms with van der Waals surface area (Å²) >= 11 is 7.88. The average Bonchev–Trinajstić information content (AvgIpc) is 3.25. The Morgan fingerprint density at radius 3 is 2.53 bits per heavy atom. The van der Waals surface area contributed by atoms with Gasteiger partial charge in [0, 0.05) is 22.2 Å². The number of carbonyl (C=O) groups is 1. The summed E-state index contributed by atoms with van der Waals surface area (Å²) < 4.78 is 1.77. The lowest BCUT2D eigenvalue weighted by molar-refractivity contribution is -0.113. The van der Waals surface area contributed by atoms with Gasteiger partial charge in [0.25, 0.3) is 5.91 Å². The molecule has 1 unspecified atom stereocenters. The molecule has 0 saturated carbocycles. The van der Waals surface area contributed by atoms with E-state index in [0.717, 1.165) is 22.7 Å². The van der Waals surface area contributed by atoms with Crippen LogP contribution in [0.2, 0.25) is 5.02 Å². The molecule has 0 spiro atoms. The van der Waals surface area contributed by atoms with Gasteiger partial charge in [0.1, 0.15) is 6.04 Å². The van der Waals surface area contributed by atoms with Crippen molar-refractivity contribution >= 4 is 40.9 Å². The normalized spacial score (nSPS) is 14.9. The summed E-state index contributed by atoms with van der Waals surface area (Å²) in [6, 6.07) is 26.6. The van der Waals surface area contributed by atoms with Crippen LogP contribution in [0, 0.1) is 0 Å². The van der Waals surface area contributed by atoms with Crippen molar-refractivity contribution < 1.29 is 4.79 Å². The molecule has 2 N–H and O–H groups in total. The molecule has 8 heteroatoms. The van der Waals surface area contributed by atoms with Crippen molar-refractivity contribution in [2.45, 2.75) is 23.9 Å². The number of thioether (sulfide) groups is 1. The Labute approximate surface area is 207 Å². The van der Waals surface area contributed by atoms with Crippen LogP contribution in [-0.2, 0) is 10.5 Å². The number of para-hydroxylation sites is 1. The number of carbonyl (C=O) groups excluding carboxylic acids is 1. The molecule has 1 amide bonds. The van der Waals surface area contributed by atoms with Crippen LogP contribution >= 0.6 is 23.4 Å². The molecular formula is C26H22ClN5OS. The summed E-state index contributed by atoms with van der Waals surface area (Å²) in [5.74, 6) is 1.13. The second kappa shape index (κ2) is 9.75. The minimum absolute atomic E-state index is 0.208. The standard InChI is InChI=1S/C26H22ClN5OS/c1-17-22(24(33)29-21-13-6-3-7-14-21)23(19-11-8-12-20(27)15-19)32-25(28-17)30-26(31-32)34-16-18-9-4-2-5-10-18/h2-15,23H,16H2,1H3,(H,29,33)(H,28,30,31). The number of aromatic nitrogens is 3. The zero-order valence-electron chi connectivity index (χ0n) is 18.4. The molecule has 2 heterocycles. The summed E-state index contributed by atoms with van der Waals surface area (Å²) in [6.45, 7) is 1.88. The van der Waals surface area contributed by atoms with Crippen molar-refractivity contribution in [3.8, 4) is 0 Å². The second-order valence-electron chi connectivity index (χ2n) is 7.88. The number of hydrogen-bond acceptors (Lipinski definition) is 5. The molecule has 1 atom stereocenters. The lowest BCUT2D eigenvalue weighted by Crippen LogP contribution is -2.31. The number of fused-ring (bicyclic) bond motifs is 1. The molecule has 3 aromatic carbocycles. The van der Waals surface area contributed by atoms with E-state index in [2.05, 4.69) is 22.8 Å². The minimum Gasteiger partial charge on any atom is -0.328 e. The van der Waals surface area contributed by atoms with E-state index < -0.39 is 6.04 Å². The Morgan fingerprint density at radius 1 is 1.06 bits per heavy atom. The molecule has 4 aromatic rings. The highest BCUT2D eigenvalue weighted by Gasteiger charge is 2.34. The van der Waals surface area contributed by atoms with Crippen molar-refractivity contribution in [1.82, 2.24) is 14.8 Å². The Bertz CT molecular complexity index is 1350. The maximum absolute atomic E-state index is 13.5. The monoisotopic (exact) mass is 487 g/mol. The van der Waals surface area contributed by atoms with Gasteiger partial charge < -0.3 is 10.6 Å². The number of anilines is 2. The van der Waals surface area contributed by atoms with Crippen molar-refractivity contribution in [2.75, 3.05) is 10.6 Å². The predicted molar refractivity (Wildman–Crippen MR) is 137 cm³/mol.